The van der Waals surface area contributed by atoms with Crippen molar-refractivity contribution in [1.29, 1.82) is 0 Å². The van der Waals surface area contributed by atoms with Crippen molar-refractivity contribution in [3.63, 3.8) is 0 Å². The second-order valence-electron chi connectivity index (χ2n) is 3.09. The van der Waals surface area contributed by atoms with Crippen LogP contribution in [-0.4, -0.2) is 12.4 Å². The highest BCUT2D eigenvalue weighted by atomic mass is 127. The van der Waals surface area contributed by atoms with E-state index < -0.39 is 0 Å². The quantitative estimate of drug-likeness (QED) is 0.633. The molecule has 0 atom stereocenters. The Morgan fingerprint density at radius 1 is 1.50 bits per heavy atom. The molecule has 0 aromatic heterocycles. The van der Waals surface area contributed by atoms with E-state index in [1.54, 1.807) is 6.92 Å². The van der Waals surface area contributed by atoms with Gasteiger partial charge in [-0.25, -0.2) is 0 Å². The first-order chi connectivity index (χ1) is 6.56. The van der Waals surface area contributed by atoms with E-state index in [2.05, 4.69) is 22.6 Å². The summed E-state index contributed by atoms with van der Waals surface area (Å²) in [4.78, 5) is 11.3. The number of benzene rings is 1. The van der Waals surface area contributed by atoms with Gasteiger partial charge in [-0.15, -0.1) is 0 Å². The van der Waals surface area contributed by atoms with Gasteiger partial charge in [0, 0.05) is 9.13 Å². The number of Topliss-reactive ketones (excluding diaryl/α,β-unsaturated/α-hetero) is 1. The number of aryl methyl sites for hydroxylation is 1. The minimum atomic E-state index is 0.0790. The van der Waals surface area contributed by atoms with Gasteiger partial charge in [-0.05, 0) is 61.1 Å². The van der Waals surface area contributed by atoms with E-state index >= 15 is 0 Å². The number of ether oxygens (including phenoxy) is 1. The third kappa shape index (κ3) is 2.47. The minimum Gasteiger partial charge on any atom is -0.494 e. The van der Waals surface area contributed by atoms with Gasteiger partial charge in [-0.2, -0.15) is 0 Å². The highest BCUT2D eigenvalue weighted by Gasteiger charge is 2.09. The molecule has 0 N–H and O–H groups in total. The van der Waals surface area contributed by atoms with Crippen LogP contribution in [0.25, 0.3) is 0 Å². The molecule has 76 valence electrons. The highest BCUT2D eigenvalue weighted by molar-refractivity contribution is 14.1. The zero-order chi connectivity index (χ0) is 10.7. The van der Waals surface area contributed by atoms with Gasteiger partial charge in [0.05, 0.1) is 6.61 Å². The van der Waals surface area contributed by atoms with Crippen LogP contribution in [0, 0.1) is 10.5 Å². The normalized spacial score (nSPS) is 10.0. The first-order valence-electron chi connectivity index (χ1n) is 4.50. The molecule has 0 unspecified atom stereocenters. The average molecular weight is 304 g/mol. The summed E-state index contributed by atoms with van der Waals surface area (Å²) in [6, 6.07) is 3.80. The lowest BCUT2D eigenvalue weighted by Gasteiger charge is -2.09. The number of carbonyl (C=O) groups is 1. The van der Waals surface area contributed by atoms with Gasteiger partial charge in [0.15, 0.2) is 5.78 Å². The molecule has 0 spiro atoms. The maximum absolute atomic E-state index is 11.3. The zero-order valence-corrected chi connectivity index (χ0v) is 10.7. The maximum Gasteiger partial charge on any atom is 0.161 e. The topological polar surface area (TPSA) is 26.3 Å². The van der Waals surface area contributed by atoms with Crippen LogP contribution < -0.4 is 4.74 Å². The van der Waals surface area contributed by atoms with Crippen molar-refractivity contribution >= 4 is 28.4 Å². The molecule has 3 heteroatoms. The Bertz CT molecular complexity index is 359. The molecule has 0 amide bonds. The SMILES string of the molecule is CCOc1cc(C(C)=O)c(I)cc1C. The molecule has 0 saturated carbocycles. The molecule has 0 heterocycles. The van der Waals surface area contributed by atoms with Crippen molar-refractivity contribution in [2.45, 2.75) is 20.8 Å². The van der Waals surface area contributed by atoms with E-state index in [0.717, 1.165) is 20.4 Å². The smallest absolute Gasteiger partial charge is 0.161 e. The van der Waals surface area contributed by atoms with Gasteiger partial charge in [0.25, 0.3) is 0 Å². The van der Waals surface area contributed by atoms with E-state index in [1.165, 1.54) is 0 Å². The van der Waals surface area contributed by atoms with Crippen molar-refractivity contribution in [1.82, 2.24) is 0 Å². The average Bonchev–Trinajstić information content (AvgIpc) is 2.09. The number of ketones is 1. The van der Waals surface area contributed by atoms with Gasteiger partial charge in [-0.3, -0.25) is 4.79 Å². The first-order valence-corrected chi connectivity index (χ1v) is 5.58. The molecule has 1 aromatic rings. The summed E-state index contributed by atoms with van der Waals surface area (Å²) in [5, 5.41) is 0. The number of hydrogen-bond donors (Lipinski definition) is 0. The number of hydrogen-bond acceptors (Lipinski definition) is 2. The zero-order valence-electron chi connectivity index (χ0n) is 8.56. The van der Waals surface area contributed by atoms with Crippen LogP contribution in [0.5, 0.6) is 5.75 Å². The summed E-state index contributed by atoms with van der Waals surface area (Å²) in [6.45, 7) is 6.11. The van der Waals surface area contributed by atoms with Crippen molar-refractivity contribution in [3.8, 4) is 5.75 Å². The summed E-state index contributed by atoms with van der Waals surface area (Å²) in [6.07, 6.45) is 0. The standard InChI is InChI=1S/C11H13IO2/c1-4-14-11-6-9(8(3)13)10(12)5-7(11)2/h5-6H,4H2,1-3H3. The molecule has 0 aliphatic carbocycles. The molecule has 1 rings (SSSR count). The van der Waals surface area contributed by atoms with E-state index in [0.29, 0.717) is 6.61 Å². The molecule has 0 saturated heterocycles. The fourth-order valence-corrected chi connectivity index (χ4v) is 2.24. The van der Waals surface area contributed by atoms with Gasteiger partial charge in [-0.1, -0.05) is 0 Å². The van der Waals surface area contributed by atoms with Crippen molar-refractivity contribution < 1.29 is 9.53 Å². The Labute approximate surface area is 97.8 Å². The van der Waals surface area contributed by atoms with Crippen LogP contribution >= 0.6 is 22.6 Å². The Morgan fingerprint density at radius 2 is 2.14 bits per heavy atom. The van der Waals surface area contributed by atoms with Crippen molar-refractivity contribution in [2.24, 2.45) is 0 Å². The molecule has 0 aliphatic heterocycles. The Balaban J connectivity index is 3.20. The Hall–Kier alpha value is -0.580. The van der Waals surface area contributed by atoms with Crippen molar-refractivity contribution in [2.75, 3.05) is 6.61 Å². The molecule has 14 heavy (non-hydrogen) atoms. The van der Waals surface area contributed by atoms with Gasteiger partial charge in [0.1, 0.15) is 5.75 Å². The monoisotopic (exact) mass is 304 g/mol. The van der Waals surface area contributed by atoms with Crippen molar-refractivity contribution in [3.05, 3.63) is 26.8 Å². The molecule has 1 aromatic carbocycles. The van der Waals surface area contributed by atoms with Crippen LogP contribution in [-0.2, 0) is 0 Å². The summed E-state index contributed by atoms with van der Waals surface area (Å²) in [5.74, 6) is 0.883. The van der Waals surface area contributed by atoms with E-state index in [4.69, 9.17) is 4.74 Å². The fourth-order valence-electron chi connectivity index (χ4n) is 1.23. The number of halogens is 1. The lowest BCUT2D eigenvalue weighted by molar-refractivity contribution is 0.101. The van der Waals surface area contributed by atoms with Gasteiger partial charge < -0.3 is 4.74 Å². The summed E-state index contributed by atoms with van der Waals surface area (Å²) in [7, 11) is 0. The molecular weight excluding hydrogens is 291 g/mol. The lowest BCUT2D eigenvalue weighted by Crippen LogP contribution is -2.01. The van der Waals surface area contributed by atoms with Crippen LogP contribution in [0.15, 0.2) is 12.1 Å². The summed E-state index contributed by atoms with van der Waals surface area (Å²) in [5.41, 5.74) is 1.81. The third-order valence-electron chi connectivity index (χ3n) is 1.94. The molecule has 0 bridgehead atoms. The van der Waals surface area contributed by atoms with Crippen LogP contribution in [0.3, 0.4) is 0 Å². The summed E-state index contributed by atoms with van der Waals surface area (Å²) >= 11 is 2.17. The van der Waals surface area contributed by atoms with Crippen LogP contribution in [0.2, 0.25) is 0 Å². The number of carbonyl (C=O) groups excluding carboxylic acids is 1. The van der Waals surface area contributed by atoms with Gasteiger partial charge in [0.2, 0.25) is 0 Å². The third-order valence-corrected chi connectivity index (χ3v) is 2.84. The van der Waals surface area contributed by atoms with Crippen LogP contribution in [0.1, 0.15) is 29.8 Å². The molecule has 2 nitrogen and oxygen atoms in total. The highest BCUT2D eigenvalue weighted by Crippen LogP contribution is 2.24. The largest absolute Gasteiger partial charge is 0.494 e. The first kappa shape index (κ1) is 11.5. The fraction of sp³-hybridized carbons (Fsp3) is 0.364. The second kappa shape index (κ2) is 4.77. The maximum atomic E-state index is 11.3. The lowest BCUT2D eigenvalue weighted by atomic mass is 10.1. The molecule has 0 aliphatic rings. The molecule has 0 fully saturated rings. The van der Waals surface area contributed by atoms with E-state index in [-0.39, 0.29) is 5.78 Å². The molecule has 0 radical (unpaired) electrons. The predicted molar refractivity (Wildman–Crippen MR) is 65.1 cm³/mol. The Kier molecular flexibility index (Phi) is 3.92. The van der Waals surface area contributed by atoms with Crippen LogP contribution in [0.4, 0.5) is 0 Å². The number of rotatable bonds is 3. The van der Waals surface area contributed by atoms with E-state index in [9.17, 15) is 4.79 Å². The summed E-state index contributed by atoms with van der Waals surface area (Å²) < 4.78 is 6.41. The van der Waals surface area contributed by atoms with Gasteiger partial charge >= 0.3 is 0 Å². The van der Waals surface area contributed by atoms with E-state index in [1.807, 2.05) is 26.0 Å². The predicted octanol–water partition coefficient (Wildman–Crippen LogP) is 3.20. The molecular formula is C11H13IO2. The minimum absolute atomic E-state index is 0.0790. The second-order valence-corrected chi connectivity index (χ2v) is 4.25. The Morgan fingerprint density at radius 3 is 2.64 bits per heavy atom.